The van der Waals surface area contributed by atoms with E-state index >= 15 is 0 Å². The summed E-state index contributed by atoms with van der Waals surface area (Å²) in [6.45, 7) is -0.826. The monoisotopic (exact) mass is 715 g/mol. The first-order valence-corrected chi connectivity index (χ1v) is 17.0. The number of hydrogen-bond acceptors (Lipinski definition) is 15. The van der Waals surface area contributed by atoms with Crippen molar-refractivity contribution in [2.45, 2.75) is 9.79 Å². The zero-order chi connectivity index (χ0) is 33.9. The molecule has 6 N–H and O–H groups in total. The highest BCUT2D eigenvalue weighted by atomic mass is 35.5. The minimum Gasteiger partial charge on any atom is -0.478 e. The van der Waals surface area contributed by atoms with Gasteiger partial charge in [0.25, 0.3) is 10.1 Å². The van der Waals surface area contributed by atoms with E-state index in [9.17, 15) is 39.7 Å². The Balaban J connectivity index is 1.67. The van der Waals surface area contributed by atoms with E-state index in [1.165, 1.54) is 41.2 Å². The third-order valence-corrected chi connectivity index (χ3v) is 8.82. The van der Waals surface area contributed by atoms with Crippen molar-refractivity contribution in [1.82, 2.24) is 15.0 Å². The molecule has 2 aromatic heterocycles. The normalized spacial score (nSPS) is 12.3. The van der Waals surface area contributed by atoms with Crippen molar-refractivity contribution in [2.24, 2.45) is 10.2 Å². The summed E-state index contributed by atoms with van der Waals surface area (Å²) in [4.78, 5) is 22.5. The second kappa shape index (κ2) is 13.3. The molecule has 0 amide bonds. The van der Waals surface area contributed by atoms with Crippen LogP contribution < -0.4 is 15.6 Å². The van der Waals surface area contributed by atoms with E-state index in [0.29, 0.717) is 0 Å². The maximum absolute atomic E-state index is 12.4. The first-order valence-electron chi connectivity index (χ1n) is 12.1. The molecule has 0 fully saturated rings. The lowest BCUT2D eigenvalue weighted by Gasteiger charge is -2.10. The van der Waals surface area contributed by atoms with E-state index in [4.69, 9.17) is 21.9 Å². The van der Waals surface area contributed by atoms with E-state index in [1.807, 2.05) is 0 Å². The minimum absolute atomic E-state index is 0.0378. The van der Waals surface area contributed by atoms with Gasteiger partial charge in [0.1, 0.15) is 10.6 Å². The van der Waals surface area contributed by atoms with Gasteiger partial charge in [0.05, 0.1) is 52.3 Å². The van der Waals surface area contributed by atoms with Gasteiger partial charge in [0.2, 0.25) is 0 Å². The number of sulfone groups is 1. The number of nitrogens with one attached hydrogen (secondary N) is 1. The quantitative estimate of drug-likeness (QED) is 0.0607. The Morgan fingerprint density at radius 1 is 1.00 bits per heavy atom. The van der Waals surface area contributed by atoms with Crippen molar-refractivity contribution in [3.05, 3.63) is 71.8 Å². The number of aromatic nitrogens is 4. The molecule has 0 aliphatic rings. The summed E-state index contributed by atoms with van der Waals surface area (Å²) < 4.78 is 93.4. The second-order valence-electron chi connectivity index (χ2n) is 8.80. The summed E-state index contributed by atoms with van der Waals surface area (Å²) in [5, 5.41) is 19.6. The Hall–Kier alpha value is -4.71. The van der Waals surface area contributed by atoms with Crippen LogP contribution in [-0.4, -0.2) is 72.7 Å². The van der Waals surface area contributed by atoms with E-state index in [2.05, 4.69) is 34.7 Å². The molecule has 242 valence electrons. The Kier molecular flexibility index (Phi) is 9.91. The largest absolute Gasteiger partial charge is 0.478 e. The summed E-state index contributed by atoms with van der Waals surface area (Å²) in [7, 11) is -13.7. The molecule has 0 unspecified atom stereocenters. The number of anilines is 3. The molecule has 23 heteroatoms. The van der Waals surface area contributed by atoms with Gasteiger partial charge in [-0.15, -0.1) is 5.11 Å². The van der Waals surface area contributed by atoms with Gasteiger partial charge in [0, 0.05) is 0 Å². The van der Waals surface area contributed by atoms with Crippen molar-refractivity contribution in [3.8, 4) is 5.95 Å². The molecule has 0 bridgehead atoms. The number of carbonyl (C=O) groups is 1. The van der Waals surface area contributed by atoms with Gasteiger partial charge < -0.3 is 16.2 Å². The van der Waals surface area contributed by atoms with Crippen molar-refractivity contribution in [2.75, 3.05) is 23.4 Å². The first-order chi connectivity index (χ1) is 21.4. The third kappa shape index (κ3) is 8.94. The molecule has 46 heavy (non-hydrogen) atoms. The molecule has 0 saturated carbocycles. The molecule has 2 heterocycles. The van der Waals surface area contributed by atoms with Gasteiger partial charge in [-0.2, -0.15) is 26.9 Å². The molecular formula is C23H20ClN8O11S3+. The molecule has 0 atom stereocenters. The Morgan fingerprint density at radius 3 is 2.33 bits per heavy atom. The molecule has 0 spiro atoms. The van der Waals surface area contributed by atoms with E-state index in [0.717, 1.165) is 24.3 Å². The number of carboxylic acids is 1. The summed E-state index contributed by atoms with van der Waals surface area (Å²) in [5.41, 5.74) is 5.17. The summed E-state index contributed by atoms with van der Waals surface area (Å²) >= 11 is 6.06. The second-order valence-corrected chi connectivity index (χ2v) is 13.7. The average molecular weight is 716 g/mol. The smallest absolute Gasteiger partial charge is 0.444 e. The predicted octanol–water partition coefficient (Wildman–Crippen LogP) is 2.08. The molecule has 2 aromatic carbocycles. The van der Waals surface area contributed by atoms with E-state index < -0.39 is 59.3 Å². The SMILES string of the molecule is Nc1cc(Nc2nc(Cl)nc(-[n+]3cccc(C(=O)O)c3)n2)c(N=Nc2ccc(S(=O)(=O)CCOS(=O)(=O)O)cc2)cc1S(=O)(=O)O. The Bertz CT molecular complexity index is 2180. The molecule has 0 aliphatic carbocycles. The van der Waals surface area contributed by atoms with Gasteiger partial charge in [-0.1, -0.05) is 0 Å². The molecule has 19 nitrogen and oxygen atoms in total. The van der Waals surface area contributed by atoms with Crippen LogP contribution in [0.15, 0.2) is 80.9 Å². The van der Waals surface area contributed by atoms with Gasteiger partial charge in [0.15, 0.2) is 9.84 Å². The van der Waals surface area contributed by atoms with Gasteiger partial charge in [-0.25, -0.2) is 22.0 Å². The van der Waals surface area contributed by atoms with Crippen LogP contribution in [0.5, 0.6) is 0 Å². The summed E-state index contributed by atoms with van der Waals surface area (Å²) in [6, 6.07) is 9.47. The fourth-order valence-electron chi connectivity index (χ4n) is 3.55. The highest BCUT2D eigenvalue weighted by Crippen LogP contribution is 2.35. The summed E-state index contributed by atoms with van der Waals surface area (Å²) in [6.07, 6.45) is 2.67. The van der Waals surface area contributed by atoms with Gasteiger partial charge in [-0.05, 0) is 70.1 Å². The van der Waals surface area contributed by atoms with Crippen LogP contribution in [0.4, 0.5) is 28.7 Å². The lowest BCUT2D eigenvalue weighted by molar-refractivity contribution is -0.603. The maximum Gasteiger partial charge on any atom is 0.444 e. The number of carboxylic acid groups (broad SMARTS) is 1. The zero-order valence-corrected chi connectivity index (χ0v) is 25.9. The number of hydrogen-bond donors (Lipinski definition) is 5. The van der Waals surface area contributed by atoms with Crippen LogP contribution in [0.2, 0.25) is 5.28 Å². The van der Waals surface area contributed by atoms with Crippen molar-refractivity contribution in [3.63, 3.8) is 0 Å². The summed E-state index contributed by atoms with van der Waals surface area (Å²) in [5.74, 6) is -2.29. The van der Waals surface area contributed by atoms with Crippen LogP contribution in [0.1, 0.15) is 10.4 Å². The Morgan fingerprint density at radius 2 is 1.70 bits per heavy atom. The first kappa shape index (κ1) is 34.2. The van der Waals surface area contributed by atoms with E-state index in [1.54, 1.807) is 0 Å². The number of benzene rings is 2. The number of rotatable bonds is 12. The highest BCUT2D eigenvalue weighted by molar-refractivity contribution is 7.91. The van der Waals surface area contributed by atoms with E-state index in [-0.39, 0.29) is 44.7 Å². The van der Waals surface area contributed by atoms with Crippen molar-refractivity contribution in [1.29, 1.82) is 0 Å². The lowest BCUT2D eigenvalue weighted by Crippen LogP contribution is -2.34. The fourth-order valence-corrected chi connectivity index (χ4v) is 5.81. The molecule has 4 aromatic rings. The van der Waals surface area contributed by atoms with Gasteiger partial charge >= 0.3 is 33.5 Å². The number of halogens is 1. The average Bonchev–Trinajstić information content (AvgIpc) is 2.95. The number of azo groups is 1. The highest BCUT2D eigenvalue weighted by Gasteiger charge is 2.22. The number of nitrogens with zero attached hydrogens (tertiary/aromatic N) is 6. The van der Waals surface area contributed by atoms with Gasteiger partial charge in [-0.3, -0.25) is 9.11 Å². The fraction of sp³-hybridized carbons (Fsp3) is 0.0870. The zero-order valence-electron chi connectivity index (χ0n) is 22.7. The minimum atomic E-state index is -4.83. The van der Waals surface area contributed by atoms with Crippen LogP contribution in [0, 0.1) is 0 Å². The van der Waals surface area contributed by atoms with Crippen LogP contribution in [0.25, 0.3) is 5.95 Å². The number of pyridine rings is 1. The molecule has 0 radical (unpaired) electrons. The molecule has 0 saturated heterocycles. The van der Waals surface area contributed by atoms with Crippen LogP contribution in [0.3, 0.4) is 0 Å². The number of nitrogens with two attached hydrogens (primary N) is 1. The molecular weight excluding hydrogens is 696 g/mol. The van der Waals surface area contributed by atoms with Crippen molar-refractivity contribution < 1.29 is 53.0 Å². The van der Waals surface area contributed by atoms with Crippen LogP contribution in [-0.2, 0) is 34.5 Å². The number of aromatic carboxylic acids is 1. The maximum atomic E-state index is 12.4. The van der Waals surface area contributed by atoms with Crippen LogP contribution >= 0.6 is 11.6 Å². The molecule has 0 aliphatic heterocycles. The number of nitrogen functional groups attached to an aromatic ring is 1. The Labute approximate surface area is 265 Å². The standard InChI is InChI=1S/C23H19ClN8O11S3/c24-21-27-22(29-23(28-21)32-7-1-2-13(12-32)20(33)34)26-17-10-16(25)19(45(37,38)39)11-18(17)31-30-14-3-5-15(6-4-14)44(35,36)9-8-43-46(40,41)42/h1-7,10-12H,8-9H2,(H5-,25,26,27,28,29,30,33,34,37,38,39,40,41,42)/p+1. The van der Waals surface area contributed by atoms with Crippen molar-refractivity contribution >= 4 is 76.6 Å². The third-order valence-electron chi connectivity index (χ3n) is 5.58. The lowest BCUT2D eigenvalue weighted by atomic mass is 10.2. The molecule has 4 rings (SSSR count). The topological polar surface area (TPSA) is 295 Å². The predicted molar refractivity (Wildman–Crippen MR) is 157 cm³/mol.